The van der Waals surface area contributed by atoms with Crippen molar-refractivity contribution in [3.05, 3.63) is 35.1 Å². The zero-order chi connectivity index (χ0) is 7.84. The maximum atomic E-state index is 13.2. The molecule has 58 valence electrons. The summed E-state index contributed by atoms with van der Waals surface area (Å²) >= 11 is 0. The van der Waals surface area contributed by atoms with E-state index in [0.717, 1.165) is 0 Å². The second-order valence-corrected chi connectivity index (χ2v) is 2.80. The number of epoxide rings is 1. The molecule has 2 heteroatoms. The molecule has 1 nitrogen and oxygen atoms in total. The third-order valence-electron chi connectivity index (χ3n) is 1.90. The molecule has 0 aliphatic carbocycles. The van der Waals surface area contributed by atoms with Gasteiger partial charge in [-0.15, -0.1) is 0 Å². The van der Waals surface area contributed by atoms with Crippen molar-refractivity contribution in [2.24, 2.45) is 0 Å². The van der Waals surface area contributed by atoms with Crippen LogP contribution < -0.4 is 0 Å². The second-order valence-electron chi connectivity index (χ2n) is 2.80. The number of ether oxygens (including phenoxy) is 1. The van der Waals surface area contributed by atoms with E-state index in [1.807, 2.05) is 6.07 Å². The van der Waals surface area contributed by atoms with Crippen LogP contribution in [0.5, 0.6) is 0 Å². The van der Waals surface area contributed by atoms with Gasteiger partial charge in [-0.25, -0.2) is 4.39 Å². The molecule has 0 N–H and O–H groups in total. The molecule has 1 aromatic carbocycles. The van der Waals surface area contributed by atoms with Gasteiger partial charge in [-0.05, 0) is 12.5 Å². The fourth-order valence-electron chi connectivity index (χ4n) is 1.15. The van der Waals surface area contributed by atoms with E-state index < -0.39 is 0 Å². The van der Waals surface area contributed by atoms with Crippen molar-refractivity contribution < 1.29 is 9.13 Å². The Kier molecular flexibility index (Phi) is 1.43. The van der Waals surface area contributed by atoms with Crippen LogP contribution in [0.4, 0.5) is 4.39 Å². The first-order chi connectivity index (χ1) is 5.29. The molecule has 11 heavy (non-hydrogen) atoms. The first-order valence-corrected chi connectivity index (χ1v) is 3.65. The Labute approximate surface area is 64.8 Å². The minimum absolute atomic E-state index is 0.0231. The maximum Gasteiger partial charge on any atom is 0.132 e. The summed E-state index contributed by atoms with van der Waals surface area (Å²) in [6, 6.07) is 5.40. The van der Waals surface area contributed by atoms with E-state index in [1.165, 1.54) is 0 Å². The van der Waals surface area contributed by atoms with Crippen LogP contribution in [0.25, 0.3) is 0 Å². The quantitative estimate of drug-likeness (QED) is 0.562. The molecule has 1 fully saturated rings. The van der Waals surface area contributed by atoms with E-state index in [0.29, 0.717) is 17.7 Å². The van der Waals surface area contributed by atoms with Gasteiger partial charge in [0.05, 0.1) is 6.61 Å². The molecule has 0 saturated carbocycles. The Morgan fingerprint density at radius 2 is 2.27 bits per heavy atom. The summed E-state index contributed by atoms with van der Waals surface area (Å²) in [5, 5.41) is 0. The van der Waals surface area contributed by atoms with Crippen molar-refractivity contribution in [3.63, 3.8) is 0 Å². The molecule has 1 atom stereocenters. The molecular formula is C9H9FO. The number of halogens is 1. The Morgan fingerprint density at radius 3 is 2.91 bits per heavy atom. The van der Waals surface area contributed by atoms with E-state index in [2.05, 4.69) is 0 Å². The number of rotatable bonds is 1. The molecule has 0 unspecified atom stereocenters. The summed E-state index contributed by atoms with van der Waals surface area (Å²) in [4.78, 5) is 0. The van der Waals surface area contributed by atoms with E-state index in [4.69, 9.17) is 4.74 Å². The monoisotopic (exact) mass is 152 g/mol. The lowest BCUT2D eigenvalue weighted by molar-refractivity contribution is 0.407. The number of benzene rings is 1. The molecular weight excluding hydrogens is 143 g/mol. The van der Waals surface area contributed by atoms with Crippen molar-refractivity contribution in [1.82, 2.24) is 0 Å². The van der Waals surface area contributed by atoms with Gasteiger partial charge in [-0.2, -0.15) is 0 Å². The number of aryl methyl sites for hydroxylation is 1. The molecule has 1 aliphatic heterocycles. The van der Waals surface area contributed by atoms with Crippen LogP contribution in [-0.4, -0.2) is 6.61 Å². The highest BCUT2D eigenvalue weighted by Gasteiger charge is 2.27. The van der Waals surface area contributed by atoms with Crippen LogP contribution in [0.1, 0.15) is 17.2 Å². The molecule has 1 aliphatic rings. The third kappa shape index (κ3) is 1.14. The Hall–Kier alpha value is -0.890. The fourth-order valence-corrected chi connectivity index (χ4v) is 1.15. The molecule has 1 saturated heterocycles. The SMILES string of the molecule is Cc1cccc([C@H]2CO2)c1F. The maximum absolute atomic E-state index is 13.2. The van der Waals surface area contributed by atoms with Gasteiger partial charge in [0, 0.05) is 5.56 Å². The summed E-state index contributed by atoms with van der Waals surface area (Å²) < 4.78 is 18.2. The third-order valence-corrected chi connectivity index (χ3v) is 1.90. The molecule has 0 bridgehead atoms. The van der Waals surface area contributed by atoms with Crippen LogP contribution in [0.2, 0.25) is 0 Å². The zero-order valence-electron chi connectivity index (χ0n) is 6.30. The fraction of sp³-hybridized carbons (Fsp3) is 0.333. The van der Waals surface area contributed by atoms with E-state index >= 15 is 0 Å². The summed E-state index contributed by atoms with van der Waals surface area (Å²) in [5.41, 5.74) is 1.39. The Bertz CT molecular complexity index is 279. The highest BCUT2D eigenvalue weighted by molar-refractivity contribution is 5.28. The van der Waals surface area contributed by atoms with E-state index in [1.54, 1.807) is 19.1 Å². The van der Waals surface area contributed by atoms with E-state index in [-0.39, 0.29) is 11.9 Å². The average Bonchev–Trinajstić information content (AvgIpc) is 2.77. The first kappa shape index (κ1) is 6.80. The van der Waals surface area contributed by atoms with Crippen LogP contribution in [-0.2, 0) is 4.74 Å². The van der Waals surface area contributed by atoms with Crippen molar-refractivity contribution in [2.75, 3.05) is 6.61 Å². The standard InChI is InChI=1S/C9H9FO/c1-6-3-2-4-7(9(6)10)8-5-11-8/h2-4,8H,5H2,1H3/t8-/m1/s1. The van der Waals surface area contributed by atoms with Crippen LogP contribution in [0.3, 0.4) is 0 Å². The lowest BCUT2D eigenvalue weighted by atomic mass is 10.1. The predicted octanol–water partition coefficient (Wildman–Crippen LogP) is 2.21. The Balaban J connectivity index is 2.45. The molecule has 0 amide bonds. The van der Waals surface area contributed by atoms with Crippen molar-refractivity contribution in [1.29, 1.82) is 0 Å². The molecule has 0 spiro atoms. The lowest BCUT2D eigenvalue weighted by Gasteiger charge is -2.00. The van der Waals surface area contributed by atoms with Gasteiger partial charge in [-0.1, -0.05) is 18.2 Å². The summed E-state index contributed by atoms with van der Waals surface area (Å²) in [7, 11) is 0. The van der Waals surface area contributed by atoms with Gasteiger partial charge < -0.3 is 4.74 Å². The normalized spacial score (nSPS) is 21.8. The van der Waals surface area contributed by atoms with Gasteiger partial charge in [0.15, 0.2) is 0 Å². The van der Waals surface area contributed by atoms with Crippen LogP contribution in [0, 0.1) is 12.7 Å². The average molecular weight is 152 g/mol. The summed E-state index contributed by atoms with van der Waals surface area (Å²) in [6.45, 7) is 2.43. The number of hydrogen-bond acceptors (Lipinski definition) is 1. The molecule has 2 rings (SSSR count). The Morgan fingerprint density at radius 1 is 1.55 bits per heavy atom. The minimum Gasteiger partial charge on any atom is -0.368 e. The van der Waals surface area contributed by atoms with Gasteiger partial charge in [-0.3, -0.25) is 0 Å². The van der Waals surface area contributed by atoms with Crippen LogP contribution in [0.15, 0.2) is 18.2 Å². The molecule has 0 radical (unpaired) electrons. The molecule has 0 aromatic heterocycles. The lowest BCUT2D eigenvalue weighted by Crippen LogP contribution is -1.90. The predicted molar refractivity (Wildman–Crippen MR) is 39.8 cm³/mol. The smallest absolute Gasteiger partial charge is 0.132 e. The highest BCUT2D eigenvalue weighted by Crippen LogP contribution is 2.32. The van der Waals surface area contributed by atoms with Gasteiger partial charge >= 0.3 is 0 Å². The topological polar surface area (TPSA) is 12.5 Å². The van der Waals surface area contributed by atoms with Crippen molar-refractivity contribution in [3.8, 4) is 0 Å². The zero-order valence-corrected chi connectivity index (χ0v) is 6.30. The highest BCUT2D eigenvalue weighted by atomic mass is 19.1. The summed E-state index contributed by atoms with van der Waals surface area (Å²) in [6.07, 6.45) is 0.0231. The largest absolute Gasteiger partial charge is 0.368 e. The van der Waals surface area contributed by atoms with Crippen molar-refractivity contribution >= 4 is 0 Å². The molecule has 1 aromatic rings. The van der Waals surface area contributed by atoms with Crippen LogP contribution >= 0.6 is 0 Å². The van der Waals surface area contributed by atoms with Gasteiger partial charge in [0.1, 0.15) is 11.9 Å². The van der Waals surface area contributed by atoms with E-state index in [9.17, 15) is 4.39 Å². The minimum atomic E-state index is -0.116. The second kappa shape index (κ2) is 2.31. The molecule has 1 heterocycles. The van der Waals surface area contributed by atoms with Gasteiger partial charge in [0.2, 0.25) is 0 Å². The summed E-state index contributed by atoms with van der Waals surface area (Å²) in [5.74, 6) is -0.116. The van der Waals surface area contributed by atoms with Gasteiger partial charge in [0.25, 0.3) is 0 Å². The van der Waals surface area contributed by atoms with Crippen molar-refractivity contribution in [2.45, 2.75) is 13.0 Å². The number of hydrogen-bond donors (Lipinski definition) is 0. The first-order valence-electron chi connectivity index (χ1n) is 3.65.